The lowest BCUT2D eigenvalue weighted by Gasteiger charge is -2.29. The largest absolute Gasteiger partial charge is 0.390 e. The first-order valence-corrected chi connectivity index (χ1v) is 11.4. The molecule has 0 aromatic heterocycles. The predicted molar refractivity (Wildman–Crippen MR) is 126 cm³/mol. The van der Waals surface area contributed by atoms with Gasteiger partial charge >= 0.3 is 0 Å². The van der Waals surface area contributed by atoms with Crippen molar-refractivity contribution in [3.63, 3.8) is 0 Å². The Morgan fingerprint density at radius 1 is 0.833 bits per heavy atom. The fraction of sp³-hybridized carbons (Fsp3) is 0.304. The van der Waals surface area contributed by atoms with Crippen LogP contribution in [0, 0.1) is 0 Å². The minimum absolute atomic E-state index is 0. The van der Waals surface area contributed by atoms with Crippen LogP contribution in [-0.4, -0.2) is 50.7 Å². The number of rotatable bonds is 9. The number of halogens is 1. The van der Waals surface area contributed by atoms with E-state index in [-0.39, 0.29) is 23.8 Å². The number of aliphatic hydroxyl groups is 1. The van der Waals surface area contributed by atoms with Gasteiger partial charge in [-0.2, -0.15) is 0 Å². The molecule has 1 atom stereocenters. The van der Waals surface area contributed by atoms with E-state index in [0.29, 0.717) is 12.2 Å². The number of aliphatic hydroxyl groups excluding tert-OH is 1. The highest BCUT2D eigenvalue weighted by Crippen LogP contribution is 2.26. The number of hydrogen-bond acceptors (Lipinski definition) is 4. The number of fused-ring (bicyclic) bond motifs is 1. The lowest BCUT2D eigenvalue weighted by Crippen LogP contribution is -2.43. The Morgan fingerprint density at radius 3 is 2.07 bits per heavy atom. The van der Waals surface area contributed by atoms with Gasteiger partial charge in [0.25, 0.3) is 10.0 Å². The van der Waals surface area contributed by atoms with Gasteiger partial charge in [-0.1, -0.05) is 62.4 Å². The Morgan fingerprint density at radius 2 is 1.43 bits per heavy atom. The zero-order chi connectivity index (χ0) is 20.9. The van der Waals surface area contributed by atoms with E-state index < -0.39 is 16.1 Å². The average Bonchev–Trinajstić information content (AvgIpc) is 2.76. The Bertz CT molecular complexity index is 1040. The summed E-state index contributed by atoms with van der Waals surface area (Å²) >= 11 is 0. The predicted octanol–water partition coefficient (Wildman–Crippen LogP) is 4.16. The summed E-state index contributed by atoms with van der Waals surface area (Å²) in [6, 6.07) is 21.8. The van der Waals surface area contributed by atoms with Crippen LogP contribution in [0.15, 0.2) is 77.7 Å². The van der Waals surface area contributed by atoms with Gasteiger partial charge in [0, 0.05) is 6.54 Å². The summed E-state index contributed by atoms with van der Waals surface area (Å²) in [5.41, 5.74) is 0.541. The van der Waals surface area contributed by atoms with E-state index in [0.717, 1.165) is 23.9 Å². The second kappa shape index (κ2) is 10.8. The lowest BCUT2D eigenvalue weighted by atomic mass is 10.1. The van der Waals surface area contributed by atoms with Gasteiger partial charge < -0.3 is 10.0 Å². The van der Waals surface area contributed by atoms with Crippen molar-refractivity contribution in [3.8, 4) is 0 Å². The summed E-state index contributed by atoms with van der Waals surface area (Å²) in [4.78, 5) is 2.30. The van der Waals surface area contributed by atoms with Gasteiger partial charge in [-0.15, -0.1) is 12.4 Å². The standard InChI is InChI=1S/C23H28N2O3S.ClH/c1-3-24(4-2)17-22(26)18-25(21-12-6-5-7-13-21)29(27,28)23-15-14-19-10-8-9-11-20(19)16-23;/h5-16,22,26H,3-4,17-18H2,1-2H3;1H. The summed E-state index contributed by atoms with van der Waals surface area (Å²) in [7, 11) is -3.84. The summed E-state index contributed by atoms with van der Waals surface area (Å²) in [6.45, 7) is 6.07. The Balaban J connectivity index is 0.00000320. The maximum absolute atomic E-state index is 13.5. The second-order valence-electron chi connectivity index (χ2n) is 7.02. The van der Waals surface area contributed by atoms with Crippen LogP contribution >= 0.6 is 12.4 Å². The quantitative estimate of drug-likeness (QED) is 0.534. The van der Waals surface area contributed by atoms with Crippen LogP contribution in [0.5, 0.6) is 0 Å². The maximum atomic E-state index is 13.5. The van der Waals surface area contributed by atoms with Crippen molar-refractivity contribution in [1.82, 2.24) is 4.90 Å². The Kier molecular flexibility index (Phi) is 8.67. The molecular formula is C23H29ClN2O3S. The molecule has 0 aliphatic carbocycles. The van der Waals surface area contributed by atoms with Crippen molar-refractivity contribution < 1.29 is 13.5 Å². The summed E-state index contributed by atoms with van der Waals surface area (Å²) < 4.78 is 28.4. The minimum Gasteiger partial charge on any atom is -0.390 e. The molecule has 0 aliphatic heterocycles. The van der Waals surface area contributed by atoms with E-state index in [2.05, 4.69) is 4.90 Å². The van der Waals surface area contributed by atoms with Gasteiger partial charge in [-0.05, 0) is 48.1 Å². The molecule has 0 saturated heterocycles. The normalized spacial score (nSPS) is 12.5. The summed E-state index contributed by atoms with van der Waals surface area (Å²) in [5.74, 6) is 0. The molecular weight excluding hydrogens is 420 g/mol. The van der Waals surface area contributed by atoms with Gasteiger partial charge in [0.15, 0.2) is 0 Å². The van der Waals surface area contributed by atoms with Crippen molar-refractivity contribution in [1.29, 1.82) is 0 Å². The number of anilines is 1. The molecule has 5 nitrogen and oxygen atoms in total. The first kappa shape index (κ1) is 24.2. The molecule has 0 amide bonds. The number of sulfonamides is 1. The zero-order valence-electron chi connectivity index (χ0n) is 17.3. The van der Waals surface area contributed by atoms with Gasteiger partial charge in [-0.25, -0.2) is 8.42 Å². The van der Waals surface area contributed by atoms with Gasteiger partial charge in [0.2, 0.25) is 0 Å². The highest BCUT2D eigenvalue weighted by Gasteiger charge is 2.27. The molecule has 30 heavy (non-hydrogen) atoms. The number of nitrogens with zero attached hydrogens (tertiary/aromatic N) is 2. The van der Waals surface area contributed by atoms with Crippen molar-refractivity contribution >= 4 is 38.9 Å². The molecule has 3 rings (SSSR count). The molecule has 0 spiro atoms. The van der Waals surface area contributed by atoms with Crippen molar-refractivity contribution in [2.45, 2.75) is 24.8 Å². The van der Waals surface area contributed by atoms with Gasteiger partial charge in [-0.3, -0.25) is 4.31 Å². The second-order valence-corrected chi connectivity index (χ2v) is 8.88. The number of likely N-dealkylation sites (N-methyl/N-ethyl adjacent to an activating group) is 1. The third-order valence-corrected chi connectivity index (χ3v) is 6.88. The third-order valence-electron chi connectivity index (χ3n) is 5.09. The van der Waals surface area contributed by atoms with Gasteiger partial charge in [0.1, 0.15) is 0 Å². The van der Waals surface area contributed by atoms with E-state index in [1.54, 1.807) is 36.4 Å². The minimum atomic E-state index is -3.84. The highest BCUT2D eigenvalue weighted by molar-refractivity contribution is 7.92. The van der Waals surface area contributed by atoms with Crippen LogP contribution < -0.4 is 4.31 Å². The SMILES string of the molecule is CCN(CC)CC(O)CN(c1ccccc1)S(=O)(=O)c1ccc2ccccc2c1.Cl. The Labute approximate surface area is 185 Å². The van der Waals surface area contributed by atoms with Crippen LogP contribution in [0.4, 0.5) is 5.69 Å². The van der Waals surface area contributed by atoms with Crippen molar-refractivity contribution in [2.75, 3.05) is 30.5 Å². The summed E-state index contributed by atoms with van der Waals surface area (Å²) in [5, 5.41) is 12.5. The first-order valence-electron chi connectivity index (χ1n) is 9.92. The molecule has 1 N–H and O–H groups in total. The molecule has 0 bridgehead atoms. The molecule has 3 aromatic carbocycles. The maximum Gasteiger partial charge on any atom is 0.264 e. The van der Waals surface area contributed by atoms with Crippen LogP contribution in [0.1, 0.15) is 13.8 Å². The van der Waals surface area contributed by atoms with Crippen LogP contribution in [0.2, 0.25) is 0 Å². The first-order chi connectivity index (χ1) is 14.0. The number of benzene rings is 3. The highest BCUT2D eigenvalue weighted by atomic mass is 35.5. The van der Waals surface area contributed by atoms with E-state index in [1.165, 1.54) is 4.31 Å². The fourth-order valence-electron chi connectivity index (χ4n) is 3.42. The fourth-order valence-corrected chi connectivity index (χ4v) is 4.96. The van der Waals surface area contributed by atoms with E-state index in [9.17, 15) is 13.5 Å². The molecule has 0 saturated carbocycles. The average molecular weight is 449 g/mol. The molecule has 0 heterocycles. The lowest BCUT2D eigenvalue weighted by molar-refractivity contribution is 0.125. The molecule has 3 aromatic rings. The molecule has 162 valence electrons. The van der Waals surface area contributed by atoms with Crippen molar-refractivity contribution in [3.05, 3.63) is 72.8 Å². The molecule has 0 aliphatic rings. The number of para-hydroxylation sites is 1. The van der Waals surface area contributed by atoms with Crippen LogP contribution in [0.3, 0.4) is 0 Å². The van der Waals surface area contributed by atoms with Crippen molar-refractivity contribution in [2.24, 2.45) is 0 Å². The molecule has 1 unspecified atom stereocenters. The van der Waals surface area contributed by atoms with Crippen LogP contribution in [0.25, 0.3) is 10.8 Å². The zero-order valence-corrected chi connectivity index (χ0v) is 18.9. The molecule has 0 radical (unpaired) electrons. The monoisotopic (exact) mass is 448 g/mol. The van der Waals surface area contributed by atoms with E-state index >= 15 is 0 Å². The van der Waals surface area contributed by atoms with E-state index in [4.69, 9.17) is 0 Å². The number of hydrogen-bond donors (Lipinski definition) is 1. The van der Waals surface area contributed by atoms with Crippen LogP contribution in [-0.2, 0) is 10.0 Å². The topological polar surface area (TPSA) is 60.9 Å². The summed E-state index contributed by atoms with van der Waals surface area (Å²) in [6.07, 6.45) is -0.801. The Hall–Kier alpha value is -2.12. The van der Waals surface area contributed by atoms with Gasteiger partial charge in [0.05, 0.1) is 23.2 Å². The molecule has 7 heteroatoms. The van der Waals surface area contributed by atoms with E-state index in [1.807, 2.05) is 50.2 Å². The molecule has 0 fully saturated rings. The smallest absolute Gasteiger partial charge is 0.264 e. The third kappa shape index (κ3) is 5.52.